The van der Waals surface area contributed by atoms with Crippen LogP contribution in [0.15, 0.2) is 6.20 Å². The van der Waals surface area contributed by atoms with E-state index in [2.05, 4.69) is 4.98 Å². The van der Waals surface area contributed by atoms with Gasteiger partial charge in [0.05, 0.1) is 17.4 Å². The van der Waals surface area contributed by atoms with Crippen LogP contribution in [0.4, 0.5) is 5.69 Å². The molecule has 0 aromatic carbocycles. The molecule has 0 saturated heterocycles. The molecule has 56 valence electrons. The lowest BCUT2D eigenvalue weighted by Crippen LogP contribution is -1.95. The van der Waals surface area contributed by atoms with Gasteiger partial charge < -0.3 is 5.73 Å². The number of halogens is 1. The molecule has 0 spiro atoms. The molecule has 0 radical (unpaired) electrons. The van der Waals surface area contributed by atoms with Crippen molar-refractivity contribution in [2.45, 2.75) is 6.92 Å². The van der Waals surface area contributed by atoms with Crippen molar-refractivity contribution in [1.29, 1.82) is 5.26 Å². The molecule has 0 aliphatic rings. The van der Waals surface area contributed by atoms with Crippen LogP contribution in [0.25, 0.3) is 0 Å². The van der Waals surface area contributed by atoms with Crippen LogP contribution in [-0.4, -0.2) is 4.98 Å². The minimum absolute atomic E-state index is 0.208. The van der Waals surface area contributed by atoms with Crippen molar-refractivity contribution >= 4 is 17.3 Å². The molecule has 0 aliphatic carbocycles. The summed E-state index contributed by atoms with van der Waals surface area (Å²) in [5, 5.41) is 8.80. The second-order valence-electron chi connectivity index (χ2n) is 2.12. The second-order valence-corrected chi connectivity index (χ2v) is 2.47. The molecule has 0 aliphatic heterocycles. The third-order valence-electron chi connectivity index (χ3n) is 1.44. The van der Waals surface area contributed by atoms with E-state index in [1.807, 2.05) is 6.07 Å². The van der Waals surface area contributed by atoms with Crippen LogP contribution in [0.3, 0.4) is 0 Å². The number of hydrogen-bond acceptors (Lipinski definition) is 3. The van der Waals surface area contributed by atoms with Gasteiger partial charge in [-0.1, -0.05) is 11.6 Å². The summed E-state index contributed by atoms with van der Waals surface area (Å²) in [6.45, 7) is 1.74. The largest absolute Gasteiger partial charge is 0.397 e. The van der Waals surface area contributed by atoms with Crippen LogP contribution in [-0.2, 0) is 0 Å². The molecule has 11 heavy (non-hydrogen) atoms. The van der Waals surface area contributed by atoms with Gasteiger partial charge in [-0.25, -0.2) is 4.98 Å². The smallest absolute Gasteiger partial charge is 0.147 e. The normalized spacial score (nSPS) is 9.18. The summed E-state index contributed by atoms with van der Waals surface area (Å²) in [5.74, 6) is 0. The van der Waals surface area contributed by atoms with E-state index in [1.54, 1.807) is 6.92 Å². The van der Waals surface area contributed by atoms with Crippen LogP contribution in [0.2, 0.25) is 5.15 Å². The predicted molar refractivity (Wildman–Crippen MR) is 43.1 cm³/mol. The van der Waals surface area contributed by atoms with Crippen molar-refractivity contribution < 1.29 is 0 Å². The first kappa shape index (κ1) is 7.83. The van der Waals surface area contributed by atoms with Crippen LogP contribution in [0, 0.1) is 18.3 Å². The lowest BCUT2D eigenvalue weighted by Gasteiger charge is -2.01. The molecule has 0 amide bonds. The van der Waals surface area contributed by atoms with E-state index in [-0.39, 0.29) is 5.15 Å². The summed E-state index contributed by atoms with van der Waals surface area (Å²) in [7, 11) is 0. The fraction of sp³-hybridized carbons (Fsp3) is 0.143. The van der Waals surface area contributed by atoms with Gasteiger partial charge in [0.1, 0.15) is 11.2 Å². The van der Waals surface area contributed by atoms with E-state index < -0.39 is 0 Å². The zero-order valence-electron chi connectivity index (χ0n) is 5.93. The predicted octanol–water partition coefficient (Wildman–Crippen LogP) is 1.50. The third kappa shape index (κ3) is 1.26. The van der Waals surface area contributed by atoms with Crippen LogP contribution >= 0.6 is 11.6 Å². The van der Waals surface area contributed by atoms with E-state index in [0.29, 0.717) is 16.8 Å². The summed E-state index contributed by atoms with van der Waals surface area (Å²) in [6, 6.07) is 1.93. The summed E-state index contributed by atoms with van der Waals surface area (Å²) in [4.78, 5) is 3.73. The number of hydrogen-bond donors (Lipinski definition) is 1. The van der Waals surface area contributed by atoms with Gasteiger partial charge in [0.15, 0.2) is 0 Å². The molecule has 0 atom stereocenters. The number of pyridine rings is 1. The Morgan fingerprint density at radius 3 is 2.82 bits per heavy atom. The van der Waals surface area contributed by atoms with Gasteiger partial charge in [-0.05, 0) is 12.5 Å². The maximum Gasteiger partial charge on any atom is 0.147 e. The Bertz CT molecular complexity index is 327. The molecule has 0 unspecified atom stereocenters. The highest BCUT2D eigenvalue weighted by atomic mass is 35.5. The summed E-state index contributed by atoms with van der Waals surface area (Å²) in [5.41, 5.74) is 7.03. The highest BCUT2D eigenvalue weighted by molar-refractivity contribution is 6.30. The average Bonchev–Trinajstić information content (AvgIpc) is 1.99. The Balaban J connectivity index is 3.44. The fourth-order valence-electron chi connectivity index (χ4n) is 0.717. The maximum atomic E-state index is 8.59. The van der Waals surface area contributed by atoms with Crippen LogP contribution in [0.5, 0.6) is 0 Å². The minimum atomic E-state index is 0.208. The topological polar surface area (TPSA) is 62.7 Å². The monoisotopic (exact) mass is 167 g/mol. The van der Waals surface area contributed by atoms with Gasteiger partial charge >= 0.3 is 0 Å². The first-order valence-electron chi connectivity index (χ1n) is 2.97. The Kier molecular flexibility index (Phi) is 1.97. The van der Waals surface area contributed by atoms with Crippen LogP contribution in [0.1, 0.15) is 11.1 Å². The Morgan fingerprint density at radius 2 is 2.36 bits per heavy atom. The lowest BCUT2D eigenvalue weighted by molar-refractivity contribution is 1.26. The van der Waals surface area contributed by atoms with Gasteiger partial charge in [-0.3, -0.25) is 0 Å². The summed E-state index contributed by atoms with van der Waals surface area (Å²) in [6.07, 6.45) is 1.44. The maximum absolute atomic E-state index is 8.59. The molecule has 1 rings (SSSR count). The first-order valence-corrected chi connectivity index (χ1v) is 3.35. The highest BCUT2D eigenvalue weighted by Gasteiger charge is 2.06. The Labute approximate surface area is 69.4 Å². The Morgan fingerprint density at radius 1 is 1.73 bits per heavy atom. The van der Waals surface area contributed by atoms with Gasteiger partial charge in [-0.2, -0.15) is 5.26 Å². The molecule has 1 aromatic heterocycles. The van der Waals surface area contributed by atoms with Gasteiger partial charge in [0.2, 0.25) is 0 Å². The zero-order valence-corrected chi connectivity index (χ0v) is 6.68. The fourth-order valence-corrected chi connectivity index (χ4v) is 0.949. The van der Waals surface area contributed by atoms with Gasteiger partial charge in [-0.15, -0.1) is 0 Å². The van der Waals surface area contributed by atoms with Crippen molar-refractivity contribution in [2.24, 2.45) is 0 Å². The molecule has 3 nitrogen and oxygen atoms in total. The quantitative estimate of drug-likeness (QED) is 0.596. The second kappa shape index (κ2) is 2.77. The molecule has 1 aromatic rings. The number of rotatable bonds is 0. The number of nitriles is 1. The van der Waals surface area contributed by atoms with E-state index >= 15 is 0 Å². The van der Waals surface area contributed by atoms with Crippen molar-refractivity contribution in [3.63, 3.8) is 0 Å². The number of nitrogens with zero attached hydrogens (tertiary/aromatic N) is 2. The number of anilines is 1. The van der Waals surface area contributed by atoms with Crippen molar-refractivity contribution in [3.8, 4) is 6.07 Å². The molecular weight excluding hydrogens is 162 g/mol. The summed E-state index contributed by atoms with van der Waals surface area (Å²) < 4.78 is 0. The summed E-state index contributed by atoms with van der Waals surface area (Å²) >= 11 is 5.61. The van der Waals surface area contributed by atoms with E-state index in [4.69, 9.17) is 22.6 Å². The number of nitrogens with two attached hydrogens (primary N) is 1. The Hall–Kier alpha value is -1.27. The molecule has 0 fully saturated rings. The molecule has 4 heteroatoms. The first-order chi connectivity index (χ1) is 5.16. The highest BCUT2D eigenvalue weighted by Crippen LogP contribution is 2.20. The van der Waals surface area contributed by atoms with E-state index in [1.165, 1.54) is 6.20 Å². The molecule has 2 N–H and O–H groups in total. The minimum Gasteiger partial charge on any atom is -0.397 e. The van der Waals surface area contributed by atoms with Crippen molar-refractivity contribution in [2.75, 3.05) is 5.73 Å². The average molecular weight is 168 g/mol. The lowest BCUT2D eigenvalue weighted by atomic mass is 10.1. The standard InChI is InChI=1S/C7H6ClN3/c1-4-5(2-9)7(8)11-3-6(4)10/h3H,10H2,1H3. The molecule has 0 bridgehead atoms. The molecule has 0 saturated carbocycles. The van der Waals surface area contributed by atoms with E-state index in [0.717, 1.165) is 0 Å². The van der Waals surface area contributed by atoms with Crippen LogP contribution < -0.4 is 5.73 Å². The number of nitrogen functional groups attached to an aromatic ring is 1. The molecule has 1 heterocycles. The molecular formula is C7H6ClN3. The number of aromatic nitrogens is 1. The van der Waals surface area contributed by atoms with Gasteiger partial charge in [0.25, 0.3) is 0 Å². The third-order valence-corrected chi connectivity index (χ3v) is 1.73. The van der Waals surface area contributed by atoms with Crippen molar-refractivity contribution in [3.05, 3.63) is 22.5 Å². The van der Waals surface area contributed by atoms with Crippen molar-refractivity contribution in [1.82, 2.24) is 4.98 Å². The van der Waals surface area contributed by atoms with Gasteiger partial charge in [0, 0.05) is 0 Å². The SMILES string of the molecule is Cc1c(N)cnc(Cl)c1C#N. The van der Waals surface area contributed by atoms with E-state index in [9.17, 15) is 0 Å². The zero-order chi connectivity index (χ0) is 8.43.